The van der Waals surface area contributed by atoms with Crippen LogP contribution in [0.3, 0.4) is 0 Å². The number of benzene rings is 1. The molecule has 25 heavy (non-hydrogen) atoms. The molecule has 0 radical (unpaired) electrons. The van der Waals surface area contributed by atoms with Crippen molar-refractivity contribution in [1.82, 2.24) is 5.32 Å². The summed E-state index contributed by atoms with van der Waals surface area (Å²) in [5.41, 5.74) is 1.38. The molecule has 0 unspecified atom stereocenters. The summed E-state index contributed by atoms with van der Waals surface area (Å²) < 4.78 is 13.2. The minimum absolute atomic E-state index is 0.363. The molecule has 2 rings (SSSR count). The summed E-state index contributed by atoms with van der Waals surface area (Å²) in [5.74, 6) is -0.759. The predicted molar refractivity (Wildman–Crippen MR) is 97.4 cm³/mol. The van der Waals surface area contributed by atoms with Gasteiger partial charge in [0.25, 0.3) is 5.91 Å². The highest BCUT2D eigenvalue weighted by Gasteiger charge is 2.25. The first-order valence-electron chi connectivity index (χ1n) is 7.34. The van der Waals surface area contributed by atoms with Gasteiger partial charge in [-0.3, -0.25) is 4.79 Å². The van der Waals surface area contributed by atoms with Gasteiger partial charge in [0, 0.05) is 9.75 Å². The topological polar surface area (TPSA) is 73.1 Å². The number of nitriles is 1. The number of hydrogen-bond donors (Lipinski definition) is 2. The molecule has 2 N–H and O–H groups in total. The van der Waals surface area contributed by atoms with Crippen molar-refractivity contribution < 1.29 is 14.3 Å². The zero-order chi connectivity index (χ0) is 18.4. The van der Waals surface area contributed by atoms with E-state index in [2.05, 4.69) is 11.4 Å². The molecule has 1 heterocycles. The molecular weight excluding hydrogens is 386 g/mol. The average molecular weight is 401 g/mol. The quantitative estimate of drug-likeness (QED) is 0.694. The van der Waals surface area contributed by atoms with Crippen LogP contribution in [0.1, 0.15) is 16.5 Å². The summed E-state index contributed by atoms with van der Waals surface area (Å²) in [6.07, 6.45) is -0.867. The molecule has 0 aliphatic heterocycles. The van der Waals surface area contributed by atoms with E-state index in [1.807, 2.05) is 12.1 Å². The second-order valence-corrected chi connectivity index (χ2v) is 7.50. The van der Waals surface area contributed by atoms with Crippen LogP contribution in [0.15, 0.2) is 36.4 Å². The van der Waals surface area contributed by atoms with Gasteiger partial charge < -0.3 is 10.4 Å². The molecule has 0 aliphatic rings. The second kappa shape index (κ2) is 9.16. The lowest BCUT2D eigenvalue weighted by atomic mass is 10.0. The van der Waals surface area contributed by atoms with Crippen LogP contribution >= 0.6 is 34.5 Å². The first-order chi connectivity index (χ1) is 12.0. The molecule has 0 spiro atoms. The highest BCUT2D eigenvalue weighted by atomic mass is 35.5. The van der Waals surface area contributed by atoms with E-state index < -0.39 is 29.6 Å². The average Bonchev–Trinajstić information content (AvgIpc) is 3.08. The predicted octanol–water partition coefficient (Wildman–Crippen LogP) is 3.77. The molecule has 2 atom stereocenters. The van der Waals surface area contributed by atoms with Crippen molar-refractivity contribution in [3.8, 4) is 16.5 Å². The molecule has 2 aromatic rings. The summed E-state index contributed by atoms with van der Waals surface area (Å²) >= 11 is 12.4. The van der Waals surface area contributed by atoms with Crippen molar-refractivity contribution in [3.05, 3.63) is 46.8 Å². The Morgan fingerprint density at radius 1 is 1.28 bits per heavy atom. The Morgan fingerprint density at radius 3 is 2.52 bits per heavy atom. The second-order valence-electron chi connectivity index (χ2n) is 5.24. The lowest BCUT2D eigenvalue weighted by molar-refractivity contribution is -0.121. The molecule has 0 saturated heterocycles. The van der Waals surface area contributed by atoms with E-state index in [9.17, 15) is 14.3 Å². The Labute approximate surface area is 158 Å². The number of thiophene rings is 1. The molecule has 0 bridgehead atoms. The van der Waals surface area contributed by atoms with Crippen molar-refractivity contribution in [3.63, 3.8) is 0 Å². The molecule has 0 fully saturated rings. The van der Waals surface area contributed by atoms with E-state index in [1.54, 1.807) is 24.3 Å². The van der Waals surface area contributed by atoms with Crippen LogP contribution in [-0.4, -0.2) is 28.6 Å². The lowest BCUT2D eigenvalue weighted by Crippen LogP contribution is -2.43. The van der Waals surface area contributed by atoms with Gasteiger partial charge in [-0.1, -0.05) is 47.5 Å². The Bertz CT molecular complexity index is 759. The van der Waals surface area contributed by atoms with Crippen LogP contribution in [0.5, 0.6) is 0 Å². The lowest BCUT2D eigenvalue weighted by Gasteiger charge is -2.22. The van der Waals surface area contributed by atoms with Crippen molar-refractivity contribution in [2.24, 2.45) is 0 Å². The summed E-state index contributed by atoms with van der Waals surface area (Å²) in [6.45, 7) is -0.961. The fraction of sp³-hybridized carbons (Fsp3) is 0.294. The van der Waals surface area contributed by atoms with Crippen molar-refractivity contribution in [1.29, 1.82) is 5.26 Å². The van der Waals surface area contributed by atoms with Crippen LogP contribution in [0.2, 0.25) is 0 Å². The van der Waals surface area contributed by atoms with Gasteiger partial charge in [-0.2, -0.15) is 5.26 Å². The molecule has 8 heteroatoms. The third-order valence-corrected chi connectivity index (χ3v) is 5.06. The molecule has 4 nitrogen and oxygen atoms in total. The molecule has 1 aromatic carbocycles. The molecule has 1 amide bonds. The zero-order valence-electron chi connectivity index (χ0n) is 13.0. The zero-order valence-corrected chi connectivity index (χ0v) is 15.3. The third-order valence-electron chi connectivity index (χ3n) is 3.52. The standard InChI is InChI=1S/C17H15Cl2FN2O2S/c18-16(19)17(24)22-13(9-20)15(23)11-3-1-10(2-4-11)14-6-5-12(25-14)7-8-21/h1-6,13,15-16,23H,7,9H2,(H,22,24)/t13-,15-/m1/s1. The number of alkyl halides is 3. The van der Waals surface area contributed by atoms with Crippen molar-refractivity contribution in [2.75, 3.05) is 6.67 Å². The highest BCUT2D eigenvalue weighted by Crippen LogP contribution is 2.30. The van der Waals surface area contributed by atoms with Gasteiger partial charge in [-0.05, 0) is 23.3 Å². The minimum Gasteiger partial charge on any atom is -0.386 e. The first-order valence-corrected chi connectivity index (χ1v) is 9.03. The molecule has 132 valence electrons. The number of carbonyl (C=O) groups is 1. The Morgan fingerprint density at radius 2 is 1.96 bits per heavy atom. The highest BCUT2D eigenvalue weighted by molar-refractivity contribution is 7.15. The Balaban J connectivity index is 2.11. The molecular formula is C17H15Cl2FN2O2S. The SMILES string of the molecule is N#CCc1ccc(-c2ccc([C@@H](O)[C@@H](CF)NC(=O)C(Cl)Cl)cc2)s1. The monoisotopic (exact) mass is 400 g/mol. The van der Waals surface area contributed by atoms with Crippen LogP contribution in [0.25, 0.3) is 10.4 Å². The van der Waals surface area contributed by atoms with Gasteiger partial charge in [-0.25, -0.2) is 4.39 Å². The Kier molecular flexibility index (Phi) is 7.21. The van der Waals surface area contributed by atoms with Gasteiger partial charge in [0.15, 0.2) is 4.84 Å². The van der Waals surface area contributed by atoms with Gasteiger partial charge >= 0.3 is 0 Å². The van der Waals surface area contributed by atoms with E-state index in [0.29, 0.717) is 12.0 Å². The minimum atomic E-state index is -1.33. The maximum Gasteiger partial charge on any atom is 0.253 e. The number of aliphatic hydroxyl groups excluding tert-OH is 1. The number of nitrogens with one attached hydrogen (secondary N) is 1. The van der Waals surface area contributed by atoms with E-state index in [4.69, 9.17) is 28.5 Å². The van der Waals surface area contributed by atoms with Crippen LogP contribution < -0.4 is 5.32 Å². The number of carbonyl (C=O) groups excluding carboxylic acids is 1. The van der Waals surface area contributed by atoms with Crippen LogP contribution in [-0.2, 0) is 11.2 Å². The van der Waals surface area contributed by atoms with E-state index in [1.165, 1.54) is 11.3 Å². The molecule has 0 saturated carbocycles. The number of amides is 1. The van der Waals surface area contributed by atoms with Gasteiger partial charge in [0.2, 0.25) is 0 Å². The maximum atomic E-state index is 13.2. The summed E-state index contributed by atoms with van der Waals surface area (Å²) in [7, 11) is 0. The normalized spacial score (nSPS) is 13.3. The van der Waals surface area contributed by atoms with Crippen LogP contribution in [0.4, 0.5) is 4.39 Å². The van der Waals surface area contributed by atoms with E-state index in [0.717, 1.165) is 15.3 Å². The smallest absolute Gasteiger partial charge is 0.253 e. The maximum absolute atomic E-state index is 13.2. The fourth-order valence-corrected chi connectivity index (χ4v) is 3.30. The first kappa shape index (κ1) is 19.7. The van der Waals surface area contributed by atoms with E-state index >= 15 is 0 Å². The van der Waals surface area contributed by atoms with Gasteiger partial charge in [0.05, 0.1) is 18.5 Å². The van der Waals surface area contributed by atoms with Crippen molar-refractivity contribution in [2.45, 2.75) is 23.4 Å². The molecule has 0 aliphatic carbocycles. The van der Waals surface area contributed by atoms with Gasteiger partial charge in [0.1, 0.15) is 12.8 Å². The summed E-state index contributed by atoms with van der Waals surface area (Å²) in [6, 6.07) is 11.7. The number of nitrogens with zero attached hydrogens (tertiary/aromatic N) is 1. The number of rotatable bonds is 7. The fourth-order valence-electron chi connectivity index (χ4n) is 2.23. The van der Waals surface area contributed by atoms with E-state index in [-0.39, 0.29) is 0 Å². The van der Waals surface area contributed by atoms with Crippen LogP contribution in [0, 0.1) is 11.3 Å². The largest absolute Gasteiger partial charge is 0.386 e. The number of aliphatic hydroxyl groups is 1. The third kappa shape index (κ3) is 5.16. The van der Waals surface area contributed by atoms with Gasteiger partial charge in [-0.15, -0.1) is 11.3 Å². The number of halogens is 3. The van der Waals surface area contributed by atoms with Crippen molar-refractivity contribution >= 4 is 40.4 Å². The summed E-state index contributed by atoms with van der Waals surface area (Å²) in [5, 5.41) is 21.3. The number of hydrogen-bond acceptors (Lipinski definition) is 4. The summed E-state index contributed by atoms with van der Waals surface area (Å²) in [4.78, 5) is 12.1. The Hall–Kier alpha value is -1.65. The molecule has 1 aromatic heterocycles.